The second kappa shape index (κ2) is 20.6. The van der Waals surface area contributed by atoms with Gasteiger partial charge in [0.25, 0.3) is 0 Å². The third-order valence-electron chi connectivity index (χ3n) is 4.90. The SMILES string of the molecule is CCCCCCCCCCCC(=O)O[C@@H](CO)COC(=O)CCCCCCC. The smallest absolute Gasteiger partial charge is 0.306 e. The van der Waals surface area contributed by atoms with Gasteiger partial charge in [0.2, 0.25) is 0 Å². The van der Waals surface area contributed by atoms with E-state index in [1.807, 2.05) is 0 Å². The van der Waals surface area contributed by atoms with E-state index in [-0.39, 0.29) is 25.2 Å². The molecule has 0 aliphatic rings. The van der Waals surface area contributed by atoms with Crippen LogP contribution < -0.4 is 0 Å². The normalized spacial score (nSPS) is 12.0. The van der Waals surface area contributed by atoms with Gasteiger partial charge in [-0.3, -0.25) is 9.59 Å². The van der Waals surface area contributed by atoms with E-state index in [2.05, 4.69) is 13.8 Å². The number of ether oxygens (including phenoxy) is 2. The number of esters is 2. The molecule has 28 heavy (non-hydrogen) atoms. The summed E-state index contributed by atoms with van der Waals surface area (Å²) in [5.41, 5.74) is 0. The molecule has 166 valence electrons. The molecule has 0 bridgehead atoms. The van der Waals surface area contributed by atoms with E-state index in [1.54, 1.807) is 0 Å². The standard InChI is InChI=1S/C23H44O5/c1-3-5-7-9-10-11-12-14-16-18-23(26)28-21(19-24)20-27-22(25)17-15-13-8-6-4-2/h21,24H,3-20H2,1-2H3/t21-/m0/s1. The Morgan fingerprint density at radius 1 is 0.679 bits per heavy atom. The maximum atomic E-state index is 11.9. The Kier molecular flexibility index (Phi) is 19.8. The average Bonchev–Trinajstić information content (AvgIpc) is 2.69. The molecule has 0 aromatic heterocycles. The molecule has 0 heterocycles. The van der Waals surface area contributed by atoms with Crippen molar-refractivity contribution in [2.45, 2.75) is 123 Å². The lowest BCUT2D eigenvalue weighted by Gasteiger charge is -2.15. The van der Waals surface area contributed by atoms with Crippen molar-refractivity contribution >= 4 is 11.9 Å². The van der Waals surface area contributed by atoms with Crippen LogP contribution in [-0.2, 0) is 19.1 Å². The van der Waals surface area contributed by atoms with E-state index < -0.39 is 6.10 Å². The van der Waals surface area contributed by atoms with Crippen molar-refractivity contribution in [2.24, 2.45) is 0 Å². The Labute approximate surface area is 172 Å². The fourth-order valence-electron chi connectivity index (χ4n) is 3.08. The molecule has 0 aliphatic carbocycles. The first kappa shape index (κ1) is 26.9. The summed E-state index contributed by atoms with van der Waals surface area (Å²) in [7, 11) is 0. The first-order valence-electron chi connectivity index (χ1n) is 11.6. The number of carbonyl (C=O) groups is 2. The van der Waals surface area contributed by atoms with Crippen molar-refractivity contribution in [3.8, 4) is 0 Å². The van der Waals surface area contributed by atoms with Gasteiger partial charge in [-0.2, -0.15) is 0 Å². The third-order valence-corrected chi connectivity index (χ3v) is 4.90. The van der Waals surface area contributed by atoms with E-state index in [0.717, 1.165) is 38.5 Å². The summed E-state index contributed by atoms with van der Waals surface area (Å²) < 4.78 is 10.3. The topological polar surface area (TPSA) is 72.8 Å². The molecule has 0 spiro atoms. The van der Waals surface area contributed by atoms with Crippen molar-refractivity contribution in [3.63, 3.8) is 0 Å². The van der Waals surface area contributed by atoms with Gasteiger partial charge in [-0.05, 0) is 12.8 Å². The monoisotopic (exact) mass is 400 g/mol. The van der Waals surface area contributed by atoms with Gasteiger partial charge in [0, 0.05) is 12.8 Å². The third kappa shape index (κ3) is 18.3. The quantitative estimate of drug-likeness (QED) is 0.209. The number of aliphatic hydroxyl groups excluding tert-OH is 1. The van der Waals surface area contributed by atoms with Gasteiger partial charge in [0.05, 0.1) is 6.61 Å². The molecule has 0 fully saturated rings. The van der Waals surface area contributed by atoms with Crippen LogP contribution in [0.25, 0.3) is 0 Å². The Balaban J connectivity index is 3.65. The van der Waals surface area contributed by atoms with Crippen molar-refractivity contribution in [2.75, 3.05) is 13.2 Å². The zero-order chi connectivity index (χ0) is 20.9. The lowest BCUT2D eigenvalue weighted by molar-refractivity contribution is -0.161. The van der Waals surface area contributed by atoms with E-state index >= 15 is 0 Å². The number of hydrogen-bond donors (Lipinski definition) is 1. The average molecular weight is 401 g/mol. The van der Waals surface area contributed by atoms with Crippen LogP contribution in [0.2, 0.25) is 0 Å². The molecule has 0 radical (unpaired) electrons. The van der Waals surface area contributed by atoms with Gasteiger partial charge in [-0.1, -0.05) is 90.9 Å². The van der Waals surface area contributed by atoms with Crippen molar-refractivity contribution in [3.05, 3.63) is 0 Å². The molecule has 0 saturated heterocycles. The van der Waals surface area contributed by atoms with Crippen molar-refractivity contribution in [1.29, 1.82) is 0 Å². The van der Waals surface area contributed by atoms with E-state index in [9.17, 15) is 14.7 Å². The molecule has 0 aromatic carbocycles. The summed E-state index contributed by atoms with van der Waals surface area (Å²) >= 11 is 0. The van der Waals surface area contributed by atoms with Crippen LogP contribution in [0.3, 0.4) is 0 Å². The van der Waals surface area contributed by atoms with E-state index in [1.165, 1.54) is 51.4 Å². The Morgan fingerprint density at radius 2 is 1.11 bits per heavy atom. The zero-order valence-corrected chi connectivity index (χ0v) is 18.4. The van der Waals surface area contributed by atoms with E-state index in [4.69, 9.17) is 9.47 Å². The predicted molar refractivity (Wildman–Crippen MR) is 113 cm³/mol. The number of unbranched alkanes of at least 4 members (excludes halogenated alkanes) is 12. The van der Waals surface area contributed by atoms with Gasteiger partial charge in [-0.15, -0.1) is 0 Å². The van der Waals surface area contributed by atoms with Gasteiger partial charge >= 0.3 is 11.9 Å². The van der Waals surface area contributed by atoms with Crippen LogP contribution in [0, 0.1) is 0 Å². The fraction of sp³-hybridized carbons (Fsp3) is 0.913. The summed E-state index contributed by atoms with van der Waals surface area (Å²) in [6.07, 6.45) is 16.1. The van der Waals surface area contributed by atoms with Crippen molar-refractivity contribution in [1.82, 2.24) is 0 Å². The number of aliphatic hydroxyl groups is 1. The van der Waals surface area contributed by atoms with Crippen LogP contribution in [0.5, 0.6) is 0 Å². The Morgan fingerprint density at radius 3 is 1.57 bits per heavy atom. The van der Waals surface area contributed by atoms with Gasteiger partial charge in [0.15, 0.2) is 6.10 Å². The minimum atomic E-state index is -0.755. The zero-order valence-electron chi connectivity index (χ0n) is 18.4. The molecule has 0 unspecified atom stereocenters. The van der Waals surface area contributed by atoms with Crippen LogP contribution in [0.15, 0.2) is 0 Å². The molecule has 0 amide bonds. The van der Waals surface area contributed by atoms with Crippen molar-refractivity contribution < 1.29 is 24.2 Å². The Hall–Kier alpha value is -1.10. The molecule has 5 nitrogen and oxygen atoms in total. The second-order valence-corrected chi connectivity index (χ2v) is 7.72. The molecular weight excluding hydrogens is 356 g/mol. The first-order chi connectivity index (χ1) is 13.6. The molecule has 0 saturated carbocycles. The predicted octanol–water partition coefficient (Wildman–Crippen LogP) is 5.72. The summed E-state index contributed by atoms with van der Waals surface area (Å²) in [6.45, 7) is 3.99. The maximum Gasteiger partial charge on any atom is 0.306 e. The molecule has 0 aromatic rings. The minimum absolute atomic E-state index is 0.0617. The van der Waals surface area contributed by atoms with Crippen LogP contribution in [0.4, 0.5) is 0 Å². The molecule has 5 heteroatoms. The number of carbonyl (C=O) groups excluding carboxylic acids is 2. The highest BCUT2D eigenvalue weighted by Gasteiger charge is 2.15. The molecular formula is C23H44O5. The second-order valence-electron chi connectivity index (χ2n) is 7.72. The summed E-state index contributed by atoms with van der Waals surface area (Å²) in [5, 5.41) is 9.32. The van der Waals surface area contributed by atoms with Gasteiger partial charge in [-0.25, -0.2) is 0 Å². The lowest BCUT2D eigenvalue weighted by Crippen LogP contribution is -2.28. The van der Waals surface area contributed by atoms with E-state index in [0.29, 0.717) is 12.8 Å². The molecule has 1 N–H and O–H groups in total. The number of rotatable bonds is 20. The van der Waals surface area contributed by atoms with Gasteiger partial charge in [0.1, 0.15) is 6.61 Å². The lowest BCUT2D eigenvalue weighted by atomic mass is 10.1. The highest BCUT2D eigenvalue weighted by molar-refractivity contribution is 5.70. The fourth-order valence-corrected chi connectivity index (χ4v) is 3.08. The molecule has 0 aliphatic heterocycles. The first-order valence-corrected chi connectivity index (χ1v) is 11.6. The van der Waals surface area contributed by atoms with Crippen LogP contribution in [-0.4, -0.2) is 36.4 Å². The maximum absolute atomic E-state index is 11.9. The summed E-state index contributed by atoms with van der Waals surface area (Å²) in [4.78, 5) is 23.6. The van der Waals surface area contributed by atoms with Gasteiger partial charge < -0.3 is 14.6 Å². The largest absolute Gasteiger partial charge is 0.462 e. The molecule has 0 rings (SSSR count). The number of hydrogen-bond acceptors (Lipinski definition) is 5. The highest BCUT2D eigenvalue weighted by Crippen LogP contribution is 2.11. The van der Waals surface area contributed by atoms with Crippen LogP contribution in [0.1, 0.15) is 117 Å². The minimum Gasteiger partial charge on any atom is -0.462 e. The molecule has 1 atom stereocenters. The Bertz CT molecular complexity index is 370. The van der Waals surface area contributed by atoms with Crippen LogP contribution >= 0.6 is 0 Å². The summed E-state index contributed by atoms with van der Waals surface area (Å²) in [5.74, 6) is -0.609. The highest BCUT2D eigenvalue weighted by atomic mass is 16.6. The summed E-state index contributed by atoms with van der Waals surface area (Å²) in [6, 6.07) is 0.